The highest BCUT2D eigenvalue weighted by atomic mass is 16.4. The molecule has 4 nitrogen and oxygen atoms in total. The van der Waals surface area contributed by atoms with Crippen LogP contribution in [0.2, 0.25) is 0 Å². The third-order valence-electron chi connectivity index (χ3n) is 6.23. The van der Waals surface area contributed by atoms with Gasteiger partial charge in [0, 0.05) is 37.9 Å². The van der Waals surface area contributed by atoms with Crippen LogP contribution in [-0.4, -0.2) is 48.2 Å². The molecule has 1 saturated heterocycles. The first-order valence-electron chi connectivity index (χ1n) is 9.67. The fourth-order valence-corrected chi connectivity index (χ4v) is 4.47. The number of carbonyl (C=O) groups is 1. The van der Waals surface area contributed by atoms with E-state index in [0.29, 0.717) is 11.0 Å². The summed E-state index contributed by atoms with van der Waals surface area (Å²) in [5.41, 5.74) is 1.95. The molecule has 0 amide bonds. The smallest absolute Gasteiger partial charge is 0.335 e. The first kappa shape index (κ1) is 18.2. The van der Waals surface area contributed by atoms with E-state index in [0.717, 1.165) is 43.8 Å². The number of hydrogen-bond acceptors (Lipinski definition) is 3. The molecular weight excluding hydrogens is 312 g/mol. The summed E-state index contributed by atoms with van der Waals surface area (Å²) >= 11 is 0. The van der Waals surface area contributed by atoms with Crippen molar-refractivity contribution in [2.75, 3.05) is 31.1 Å². The molecule has 4 heteroatoms. The fourth-order valence-electron chi connectivity index (χ4n) is 4.47. The van der Waals surface area contributed by atoms with E-state index in [4.69, 9.17) is 5.11 Å². The van der Waals surface area contributed by atoms with Gasteiger partial charge in [0.25, 0.3) is 0 Å². The van der Waals surface area contributed by atoms with Gasteiger partial charge in [-0.2, -0.15) is 0 Å². The predicted octanol–water partition coefficient (Wildman–Crippen LogP) is 4.11. The molecule has 0 unspecified atom stereocenters. The van der Waals surface area contributed by atoms with E-state index in [1.54, 1.807) is 12.1 Å². The predicted molar refractivity (Wildman–Crippen MR) is 102 cm³/mol. The normalized spacial score (nSPS) is 25.8. The molecule has 0 spiro atoms. The van der Waals surface area contributed by atoms with Gasteiger partial charge in [0.15, 0.2) is 0 Å². The first-order valence-corrected chi connectivity index (χ1v) is 9.67. The largest absolute Gasteiger partial charge is 0.478 e. The maximum absolute atomic E-state index is 11.0. The number of rotatable bonds is 3. The van der Waals surface area contributed by atoms with Gasteiger partial charge < -0.3 is 10.0 Å². The van der Waals surface area contributed by atoms with Crippen LogP contribution in [0.5, 0.6) is 0 Å². The van der Waals surface area contributed by atoms with Crippen LogP contribution in [0.25, 0.3) is 0 Å². The van der Waals surface area contributed by atoms with Crippen molar-refractivity contribution < 1.29 is 9.90 Å². The van der Waals surface area contributed by atoms with Gasteiger partial charge in [-0.25, -0.2) is 4.79 Å². The molecule has 1 heterocycles. The highest BCUT2D eigenvalue weighted by molar-refractivity contribution is 5.88. The summed E-state index contributed by atoms with van der Waals surface area (Å²) in [7, 11) is 0. The molecule has 2 aliphatic rings. The van der Waals surface area contributed by atoms with E-state index in [2.05, 4.69) is 30.6 Å². The van der Waals surface area contributed by atoms with E-state index in [-0.39, 0.29) is 0 Å². The van der Waals surface area contributed by atoms with Crippen LogP contribution in [0.3, 0.4) is 0 Å². The lowest BCUT2D eigenvalue weighted by atomic mass is 9.71. The first-order chi connectivity index (χ1) is 11.8. The van der Waals surface area contributed by atoms with Gasteiger partial charge >= 0.3 is 5.97 Å². The molecule has 25 heavy (non-hydrogen) atoms. The third-order valence-corrected chi connectivity index (χ3v) is 6.23. The summed E-state index contributed by atoms with van der Waals surface area (Å²) in [6.07, 6.45) is 5.42. The number of carboxylic acid groups (broad SMARTS) is 1. The number of piperazine rings is 1. The Hall–Kier alpha value is -1.55. The molecule has 0 atom stereocenters. The second-order valence-electron chi connectivity index (χ2n) is 8.75. The van der Waals surface area contributed by atoms with Crippen molar-refractivity contribution in [2.24, 2.45) is 11.3 Å². The summed E-state index contributed by atoms with van der Waals surface area (Å²) in [4.78, 5) is 16.0. The lowest BCUT2D eigenvalue weighted by Gasteiger charge is -2.44. The Kier molecular flexibility index (Phi) is 5.38. The average molecular weight is 344 g/mol. The molecule has 138 valence electrons. The SMILES string of the molecule is CC(C)(C)C1CCC(N2CCN(c3ccc(C(=O)O)cc3)CC2)CC1. The van der Waals surface area contributed by atoms with E-state index < -0.39 is 5.97 Å². The van der Waals surface area contributed by atoms with Gasteiger partial charge in [-0.3, -0.25) is 4.90 Å². The van der Waals surface area contributed by atoms with Crippen molar-refractivity contribution in [1.82, 2.24) is 4.90 Å². The Morgan fingerprint density at radius 1 is 0.960 bits per heavy atom. The molecule has 0 radical (unpaired) electrons. The minimum absolute atomic E-state index is 0.359. The lowest BCUT2D eigenvalue weighted by Crippen LogP contribution is -2.51. The molecule has 0 aromatic heterocycles. The summed E-state index contributed by atoms with van der Waals surface area (Å²) in [6, 6.07) is 8.05. The van der Waals surface area contributed by atoms with E-state index in [1.165, 1.54) is 25.7 Å². The van der Waals surface area contributed by atoms with Crippen LogP contribution in [0, 0.1) is 11.3 Å². The van der Waals surface area contributed by atoms with Gasteiger partial charge in [-0.15, -0.1) is 0 Å². The Morgan fingerprint density at radius 3 is 2.00 bits per heavy atom. The zero-order chi connectivity index (χ0) is 18.0. The fraction of sp³-hybridized carbons (Fsp3) is 0.667. The van der Waals surface area contributed by atoms with Crippen molar-refractivity contribution in [2.45, 2.75) is 52.5 Å². The van der Waals surface area contributed by atoms with Gasteiger partial charge in [0.1, 0.15) is 0 Å². The summed E-state index contributed by atoms with van der Waals surface area (Å²) < 4.78 is 0. The average Bonchev–Trinajstić information content (AvgIpc) is 2.61. The third kappa shape index (κ3) is 4.35. The van der Waals surface area contributed by atoms with Crippen LogP contribution < -0.4 is 4.90 Å². The molecule has 1 N–H and O–H groups in total. The van der Waals surface area contributed by atoms with E-state index in [9.17, 15) is 4.79 Å². The zero-order valence-electron chi connectivity index (χ0n) is 15.9. The maximum Gasteiger partial charge on any atom is 0.335 e. The van der Waals surface area contributed by atoms with Crippen LogP contribution in [0.1, 0.15) is 56.8 Å². The van der Waals surface area contributed by atoms with E-state index in [1.807, 2.05) is 12.1 Å². The second kappa shape index (κ2) is 7.36. The summed E-state index contributed by atoms with van der Waals surface area (Å²) in [5.74, 6) is 0.0139. The highest BCUT2D eigenvalue weighted by Crippen LogP contribution is 2.39. The molecule has 1 aromatic carbocycles. The minimum atomic E-state index is -0.859. The monoisotopic (exact) mass is 344 g/mol. The standard InChI is InChI=1S/C21H32N2O2/c1-21(2,3)17-6-10-19(11-7-17)23-14-12-22(13-15-23)18-8-4-16(5-9-18)20(24)25/h4-5,8-9,17,19H,6-7,10-15H2,1-3H3,(H,24,25). The quantitative estimate of drug-likeness (QED) is 0.896. The summed E-state index contributed by atoms with van der Waals surface area (Å²) in [6.45, 7) is 11.4. The number of benzene rings is 1. The Balaban J connectivity index is 1.50. The van der Waals surface area contributed by atoms with Crippen LogP contribution in [0.15, 0.2) is 24.3 Å². The van der Waals surface area contributed by atoms with Crippen molar-refractivity contribution in [3.8, 4) is 0 Å². The molecule has 0 bridgehead atoms. The number of aromatic carboxylic acids is 1. The second-order valence-corrected chi connectivity index (χ2v) is 8.75. The van der Waals surface area contributed by atoms with Crippen molar-refractivity contribution in [3.63, 3.8) is 0 Å². The zero-order valence-corrected chi connectivity index (χ0v) is 15.9. The highest BCUT2D eigenvalue weighted by Gasteiger charge is 2.32. The Morgan fingerprint density at radius 2 is 1.52 bits per heavy atom. The number of anilines is 1. The van der Waals surface area contributed by atoms with E-state index >= 15 is 0 Å². The number of nitrogens with zero attached hydrogens (tertiary/aromatic N) is 2. The van der Waals surface area contributed by atoms with Crippen molar-refractivity contribution >= 4 is 11.7 Å². The lowest BCUT2D eigenvalue weighted by molar-refractivity contribution is 0.0697. The molecule has 1 aromatic rings. The number of carboxylic acids is 1. The van der Waals surface area contributed by atoms with Crippen LogP contribution in [0.4, 0.5) is 5.69 Å². The van der Waals surface area contributed by atoms with Gasteiger partial charge in [0.05, 0.1) is 5.56 Å². The Bertz CT molecular complexity index is 575. The van der Waals surface area contributed by atoms with Gasteiger partial charge in [0.2, 0.25) is 0 Å². The number of hydrogen-bond donors (Lipinski definition) is 1. The van der Waals surface area contributed by atoms with Crippen molar-refractivity contribution in [3.05, 3.63) is 29.8 Å². The molecular formula is C21H32N2O2. The van der Waals surface area contributed by atoms with Crippen molar-refractivity contribution in [1.29, 1.82) is 0 Å². The molecule has 1 aliphatic heterocycles. The molecule has 2 fully saturated rings. The Labute approximate surface area is 151 Å². The molecule has 1 saturated carbocycles. The van der Waals surface area contributed by atoms with Gasteiger partial charge in [-0.05, 0) is 61.3 Å². The summed E-state index contributed by atoms with van der Waals surface area (Å²) in [5, 5.41) is 9.01. The van der Waals surface area contributed by atoms with Crippen LogP contribution in [-0.2, 0) is 0 Å². The van der Waals surface area contributed by atoms with Gasteiger partial charge in [-0.1, -0.05) is 20.8 Å². The minimum Gasteiger partial charge on any atom is -0.478 e. The molecule has 1 aliphatic carbocycles. The topological polar surface area (TPSA) is 43.8 Å². The van der Waals surface area contributed by atoms with Crippen LogP contribution >= 0.6 is 0 Å². The maximum atomic E-state index is 11.0. The molecule has 3 rings (SSSR count).